The van der Waals surface area contributed by atoms with Gasteiger partial charge in [0.15, 0.2) is 0 Å². The number of hydrogen-bond acceptors (Lipinski definition) is 3. The molecule has 5 heteroatoms. The van der Waals surface area contributed by atoms with Crippen LogP contribution in [0, 0.1) is 0 Å². The van der Waals surface area contributed by atoms with E-state index in [4.69, 9.17) is 4.52 Å². The van der Waals surface area contributed by atoms with Crippen LogP contribution in [0.25, 0.3) is 0 Å². The van der Waals surface area contributed by atoms with Gasteiger partial charge in [0.1, 0.15) is 0 Å². The van der Waals surface area contributed by atoms with Gasteiger partial charge in [-0.2, -0.15) is 0 Å². The molecule has 1 aromatic rings. The molecule has 0 radical (unpaired) electrons. The molecule has 74 valence electrons. The molecule has 0 aliphatic rings. The number of hydrogen-bond donors (Lipinski definition) is 2. The summed E-state index contributed by atoms with van der Waals surface area (Å²) in [6.07, 6.45) is 0. The van der Waals surface area contributed by atoms with Gasteiger partial charge in [-0.3, -0.25) is 0 Å². The molecule has 3 nitrogen and oxygen atoms in total. The van der Waals surface area contributed by atoms with Crippen molar-refractivity contribution >= 4 is 23.2 Å². The summed E-state index contributed by atoms with van der Waals surface area (Å²) in [5, 5.41) is 0. The molecular formula is C8H12BrO3P. The Balaban J connectivity index is 2.88. The van der Waals surface area contributed by atoms with Crippen molar-refractivity contribution in [3.8, 4) is 5.75 Å². The van der Waals surface area contributed by atoms with E-state index in [-0.39, 0.29) is 0 Å². The first-order valence-electron chi connectivity index (χ1n) is 3.69. The normalized spacial score (nSPS) is 14.7. The van der Waals surface area contributed by atoms with Gasteiger partial charge in [-0.15, -0.1) is 0 Å². The second-order valence-electron chi connectivity index (χ2n) is 3.41. The summed E-state index contributed by atoms with van der Waals surface area (Å²) in [5.41, 5.74) is 0. The molecule has 0 unspecified atom stereocenters. The molecule has 0 aliphatic carbocycles. The third-order valence-corrected chi connectivity index (χ3v) is 2.40. The molecular weight excluding hydrogens is 255 g/mol. The van der Waals surface area contributed by atoms with Crippen molar-refractivity contribution in [3.05, 3.63) is 28.7 Å². The van der Waals surface area contributed by atoms with Gasteiger partial charge in [-0.1, -0.05) is 0 Å². The number of rotatable bonds is 2. The summed E-state index contributed by atoms with van der Waals surface area (Å²) in [6, 6.07) is 6.95. The van der Waals surface area contributed by atoms with Crippen molar-refractivity contribution in [1.29, 1.82) is 0 Å². The predicted molar refractivity (Wildman–Crippen MR) is 58.0 cm³/mol. The summed E-state index contributed by atoms with van der Waals surface area (Å²) in [5.74, 6) is 0.446. The van der Waals surface area contributed by atoms with E-state index < -0.39 is 7.28 Å². The fourth-order valence-corrected chi connectivity index (χ4v) is 1.93. The summed E-state index contributed by atoms with van der Waals surface area (Å²) in [4.78, 5) is 19.0. The van der Waals surface area contributed by atoms with E-state index in [0.29, 0.717) is 5.75 Å². The van der Waals surface area contributed by atoms with Crippen molar-refractivity contribution in [3.63, 3.8) is 0 Å². The van der Waals surface area contributed by atoms with Crippen LogP contribution in [0.4, 0.5) is 0 Å². The first-order valence-corrected chi connectivity index (χ1v) is 7.44. The molecule has 0 fully saturated rings. The van der Waals surface area contributed by atoms with Crippen LogP contribution in [0.5, 0.6) is 5.75 Å². The third kappa shape index (κ3) is 4.58. The Kier molecular flexibility index (Phi) is 2.70. The van der Waals surface area contributed by atoms with Crippen LogP contribution in [-0.2, 0) is 0 Å². The molecule has 0 saturated carbocycles. The van der Waals surface area contributed by atoms with Gasteiger partial charge in [-0.25, -0.2) is 0 Å². The quantitative estimate of drug-likeness (QED) is 0.809. The Hall–Kier alpha value is -0.150. The fraction of sp³-hybridized carbons (Fsp3) is 0.250. The van der Waals surface area contributed by atoms with Gasteiger partial charge < -0.3 is 0 Å². The maximum absolute atomic E-state index is 9.48. The van der Waals surface area contributed by atoms with Gasteiger partial charge in [0.05, 0.1) is 0 Å². The zero-order valence-electron chi connectivity index (χ0n) is 7.44. The Morgan fingerprint density at radius 1 is 1.31 bits per heavy atom. The minimum atomic E-state index is -3.90. The fourth-order valence-electron chi connectivity index (χ4n) is 0.829. The summed E-state index contributed by atoms with van der Waals surface area (Å²) in [6.45, 7) is 2.60. The van der Waals surface area contributed by atoms with E-state index in [1.54, 1.807) is 18.2 Å². The maximum atomic E-state index is 9.48. The molecule has 1 rings (SSSR count). The van der Waals surface area contributed by atoms with E-state index in [1.807, 2.05) is 6.07 Å². The van der Waals surface area contributed by atoms with Crippen LogP contribution in [-0.4, -0.2) is 23.1 Å². The first-order chi connectivity index (χ1) is 5.72. The monoisotopic (exact) mass is 266 g/mol. The van der Waals surface area contributed by atoms with Crippen LogP contribution < -0.4 is 4.52 Å². The Morgan fingerprint density at radius 3 is 2.38 bits per heavy atom. The zero-order chi connectivity index (χ0) is 10.1. The van der Waals surface area contributed by atoms with E-state index in [1.165, 1.54) is 13.3 Å². The molecule has 0 spiro atoms. The van der Waals surface area contributed by atoms with Gasteiger partial charge in [0, 0.05) is 0 Å². The van der Waals surface area contributed by atoms with Crippen LogP contribution in [0.2, 0.25) is 0 Å². The Labute approximate surface area is 85.7 Å². The van der Waals surface area contributed by atoms with Crippen LogP contribution in [0.1, 0.15) is 0 Å². The molecule has 0 aliphatic heterocycles. The second-order valence-corrected chi connectivity index (χ2v) is 8.24. The summed E-state index contributed by atoms with van der Waals surface area (Å²) in [7, 11) is -3.90. The molecule has 0 amide bonds. The predicted octanol–water partition coefficient (Wildman–Crippen LogP) is 2.37. The summed E-state index contributed by atoms with van der Waals surface area (Å²) < 4.78 is 5.92. The van der Waals surface area contributed by atoms with Crippen molar-refractivity contribution in [2.24, 2.45) is 0 Å². The van der Waals surface area contributed by atoms with E-state index in [0.717, 1.165) is 4.47 Å². The average molecular weight is 267 g/mol. The van der Waals surface area contributed by atoms with E-state index >= 15 is 0 Å². The van der Waals surface area contributed by atoms with Crippen molar-refractivity contribution < 1.29 is 14.3 Å². The number of halogens is 1. The van der Waals surface area contributed by atoms with Crippen molar-refractivity contribution in [1.82, 2.24) is 0 Å². The van der Waals surface area contributed by atoms with E-state index in [2.05, 4.69) is 15.9 Å². The molecule has 0 heterocycles. The SMILES string of the molecule is CP(C)(O)(O)Oc1cccc(Br)c1. The van der Waals surface area contributed by atoms with Crippen LogP contribution in [0.15, 0.2) is 28.7 Å². The third-order valence-electron chi connectivity index (χ3n) is 1.17. The van der Waals surface area contributed by atoms with Gasteiger partial charge in [0.2, 0.25) is 0 Å². The van der Waals surface area contributed by atoms with Crippen LogP contribution >= 0.6 is 23.2 Å². The van der Waals surface area contributed by atoms with Gasteiger partial charge in [-0.05, 0) is 0 Å². The van der Waals surface area contributed by atoms with Gasteiger partial charge in [0.25, 0.3) is 0 Å². The molecule has 1 aromatic carbocycles. The first kappa shape index (κ1) is 10.9. The molecule has 0 atom stereocenters. The zero-order valence-corrected chi connectivity index (χ0v) is 9.92. The second kappa shape index (κ2) is 3.21. The topological polar surface area (TPSA) is 49.7 Å². The molecule has 2 N–H and O–H groups in total. The molecule has 0 bridgehead atoms. The van der Waals surface area contributed by atoms with Crippen molar-refractivity contribution in [2.45, 2.75) is 0 Å². The van der Waals surface area contributed by atoms with Crippen molar-refractivity contribution in [2.75, 3.05) is 13.3 Å². The molecule has 0 saturated heterocycles. The van der Waals surface area contributed by atoms with Crippen LogP contribution in [0.3, 0.4) is 0 Å². The van der Waals surface area contributed by atoms with Gasteiger partial charge >= 0.3 is 85.3 Å². The summed E-state index contributed by atoms with van der Waals surface area (Å²) >= 11 is 3.26. The molecule has 0 aromatic heterocycles. The van der Waals surface area contributed by atoms with E-state index in [9.17, 15) is 9.79 Å². The Morgan fingerprint density at radius 2 is 1.92 bits per heavy atom. The minimum absolute atomic E-state index is 0.446. The Bertz CT molecular complexity index is 309. The number of benzene rings is 1. The standard InChI is InChI=1S/C8H12BrO3P/c1-13(2,10,11)12-8-5-3-4-7(9)6-8/h3-6,10-11H,1-2H3. The molecule has 13 heavy (non-hydrogen) atoms. The average Bonchev–Trinajstić information content (AvgIpc) is 1.80.